The average molecular weight is 354 g/mol. The van der Waals surface area contributed by atoms with E-state index in [0.29, 0.717) is 11.1 Å². The normalized spacial score (nSPS) is 14.5. The van der Waals surface area contributed by atoms with Crippen molar-refractivity contribution in [1.29, 1.82) is 0 Å². The molecule has 2 N–H and O–H groups in total. The second-order valence-electron chi connectivity index (χ2n) is 4.65. The van der Waals surface area contributed by atoms with E-state index in [0.717, 1.165) is 47.3 Å². The molecule has 104 valence electrons. The first kappa shape index (κ1) is 13.8. The number of nitrogens with zero attached hydrogens (tertiary/aromatic N) is 2. The molecule has 1 aliphatic rings. The smallest absolute Gasteiger partial charge is 0.228 e. The fraction of sp³-hybridized carbons (Fsp3) is 0.286. The van der Waals surface area contributed by atoms with Gasteiger partial charge in [-0.3, -0.25) is 0 Å². The highest BCUT2D eigenvalue weighted by Crippen LogP contribution is 2.24. The Morgan fingerprint density at radius 1 is 1.20 bits per heavy atom. The van der Waals surface area contributed by atoms with Crippen LogP contribution in [0.5, 0.6) is 0 Å². The van der Waals surface area contributed by atoms with Crippen molar-refractivity contribution in [2.45, 2.75) is 12.8 Å². The zero-order chi connectivity index (χ0) is 13.9. The molecule has 1 aliphatic heterocycles. The summed E-state index contributed by atoms with van der Waals surface area (Å²) in [5.41, 5.74) is 3.03. The van der Waals surface area contributed by atoms with E-state index in [2.05, 4.69) is 36.5 Å². The lowest BCUT2D eigenvalue weighted by Crippen LogP contribution is -2.16. The number of anilines is 2. The Hall–Kier alpha value is -1.17. The Bertz CT molecular complexity index is 633. The molecule has 0 spiro atoms. The molecule has 3 rings (SSSR count). The van der Waals surface area contributed by atoms with Gasteiger partial charge in [0.25, 0.3) is 0 Å². The first-order chi connectivity index (χ1) is 9.72. The third-order valence-electron chi connectivity index (χ3n) is 3.21. The lowest BCUT2D eigenvalue weighted by molar-refractivity contribution is 0.708. The van der Waals surface area contributed by atoms with Gasteiger partial charge < -0.3 is 10.6 Å². The molecule has 20 heavy (non-hydrogen) atoms. The molecule has 0 aliphatic carbocycles. The number of halogens is 2. The van der Waals surface area contributed by atoms with Gasteiger partial charge in [0, 0.05) is 28.7 Å². The van der Waals surface area contributed by atoms with Gasteiger partial charge in [-0.25, -0.2) is 9.97 Å². The Kier molecular flexibility index (Phi) is 4.19. The van der Waals surface area contributed by atoms with Gasteiger partial charge in [0.05, 0.1) is 5.69 Å². The number of fused-ring (bicyclic) bond motifs is 1. The standard InChI is InChI=1S/C14H14BrClN4/c15-9-2-1-3-10(8-9)18-14-19-12-5-7-17-6-4-11(12)13(16)20-14/h1-3,8,17H,4-7H2,(H,18,19,20). The fourth-order valence-electron chi connectivity index (χ4n) is 2.25. The summed E-state index contributed by atoms with van der Waals surface area (Å²) in [5, 5.41) is 7.10. The second-order valence-corrected chi connectivity index (χ2v) is 5.92. The molecule has 0 unspecified atom stereocenters. The predicted octanol–water partition coefficient (Wildman–Crippen LogP) is 3.32. The van der Waals surface area contributed by atoms with Crippen LogP contribution in [0.2, 0.25) is 5.15 Å². The topological polar surface area (TPSA) is 49.8 Å². The fourth-order valence-corrected chi connectivity index (χ4v) is 2.93. The third kappa shape index (κ3) is 3.11. The molecule has 4 nitrogen and oxygen atoms in total. The van der Waals surface area contributed by atoms with Crippen LogP contribution in [0.3, 0.4) is 0 Å². The summed E-state index contributed by atoms with van der Waals surface area (Å²) in [4.78, 5) is 8.95. The van der Waals surface area contributed by atoms with Crippen LogP contribution in [-0.2, 0) is 12.8 Å². The summed E-state index contributed by atoms with van der Waals surface area (Å²) in [5.74, 6) is 0.550. The Morgan fingerprint density at radius 2 is 2.05 bits per heavy atom. The van der Waals surface area contributed by atoms with E-state index in [1.165, 1.54) is 0 Å². The number of hydrogen-bond acceptors (Lipinski definition) is 4. The van der Waals surface area contributed by atoms with Crippen LogP contribution < -0.4 is 10.6 Å². The van der Waals surface area contributed by atoms with Crippen molar-refractivity contribution in [3.8, 4) is 0 Å². The van der Waals surface area contributed by atoms with Crippen molar-refractivity contribution in [2.75, 3.05) is 18.4 Å². The monoisotopic (exact) mass is 352 g/mol. The van der Waals surface area contributed by atoms with Crippen LogP contribution in [0.1, 0.15) is 11.3 Å². The number of rotatable bonds is 2. The van der Waals surface area contributed by atoms with Gasteiger partial charge in [-0.05, 0) is 31.2 Å². The van der Waals surface area contributed by atoms with Crippen LogP contribution in [0.4, 0.5) is 11.6 Å². The first-order valence-corrected chi connectivity index (χ1v) is 7.68. The number of aromatic nitrogens is 2. The maximum Gasteiger partial charge on any atom is 0.228 e. The molecular weight excluding hydrogens is 340 g/mol. The minimum Gasteiger partial charge on any atom is -0.324 e. The quantitative estimate of drug-likeness (QED) is 0.813. The lowest BCUT2D eigenvalue weighted by atomic mass is 10.1. The zero-order valence-electron chi connectivity index (χ0n) is 10.8. The summed E-state index contributed by atoms with van der Waals surface area (Å²) in [6.45, 7) is 1.85. The van der Waals surface area contributed by atoms with Crippen molar-refractivity contribution < 1.29 is 0 Å². The largest absolute Gasteiger partial charge is 0.324 e. The highest BCUT2D eigenvalue weighted by atomic mass is 79.9. The average Bonchev–Trinajstić information content (AvgIpc) is 2.64. The van der Waals surface area contributed by atoms with Crippen LogP contribution in [0.25, 0.3) is 0 Å². The van der Waals surface area contributed by atoms with Crippen LogP contribution in [0.15, 0.2) is 28.7 Å². The van der Waals surface area contributed by atoms with Gasteiger partial charge in [0.15, 0.2) is 0 Å². The van der Waals surface area contributed by atoms with E-state index in [9.17, 15) is 0 Å². The molecule has 1 aromatic carbocycles. The molecule has 1 aromatic heterocycles. The molecule has 0 bridgehead atoms. The van der Waals surface area contributed by atoms with Crippen LogP contribution in [0, 0.1) is 0 Å². The molecular formula is C14H14BrClN4. The Morgan fingerprint density at radius 3 is 2.90 bits per heavy atom. The van der Waals surface area contributed by atoms with Gasteiger partial charge in [0.2, 0.25) is 5.95 Å². The van der Waals surface area contributed by atoms with E-state index in [1.807, 2.05) is 24.3 Å². The lowest BCUT2D eigenvalue weighted by Gasteiger charge is -2.10. The number of nitrogens with one attached hydrogen (secondary N) is 2. The van der Waals surface area contributed by atoms with Gasteiger partial charge in [-0.2, -0.15) is 0 Å². The van der Waals surface area contributed by atoms with E-state index < -0.39 is 0 Å². The molecule has 0 saturated heterocycles. The highest BCUT2D eigenvalue weighted by molar-refractivity contribution is 9.10. The Labute approximate surface area is 131 Å². The first-order valence-electron chi connectivity index (χ1n) is 6.51. The molecule has 6 heteroatoms. The molecule has 2 heterocycles. The van der Waals surface area contributed by atoms with E-state index in [4.69, 9.17) is 11.6 Å². The van der Waals surface area contributed by atoms with Gasteiger partial charge in [0.1, 0.15) is 5.15 Å². The zero-order valence-corrected chi connectivity index (χ0v) is 13.1. The number of benzene rings is 1. The molecule has 0 atom stereocenters. The molecule has 0 saturated carbocycles. The van der Waals surface area contributed by atoms with Gasteiger partial charge in [-0.15, -0.1) is 0 Å². The summed E-state index contributed by atoms with van der Waals surface area (Å²) < 4.78 is 1.01. The van der Waals surface area contributed by atoms with E-state index in [-0.39, 0.29) is 0 Å². The maximum atomic E-state index is 6.29. The molecule has 0 fully saturated rings. The summed E-state index contributed by atoms with van der Waals surface area (Å²) in [6.07, 6.45) is 1.76. The third-order valence-corrected chi connectivity index (χ3v) is 4.02. The van der Waals surface area contributed by atoms with Gasteiger partial charge >= 0.3 is 0 Å². The van der Waals surface area contributed by atoms with Crippen molar-refractivity contribution in [2.24, 2.45) is 0 Å². The van der Waals surface area contributed by atoms with E-state index >= 15 is 0 Å². The summed E-state index contributed by atoms with van der Waals surface area (Å²) in [6, 6.07) is 7.88. The van der Waals surface area contributed by atoms with Crippen molar-refractivity contribution >= 4 is 39.2 Å². The molecule has 2 aromatic rings. The van der Waals surface area contributed by atoms with Crippen molar-refractivity contribution in [3.05, 3.63) is 45.1 Å². The highest BCUT2D eigenvalue weighted by Gasteiger charge is 2.15. The SMILES string of the molecule is Clc1nc(Nc2cccc(Br)c2)nc2c1CCNCC2. The second kappa shape index (κ2) is 6.08. The van der Waals surface area contributed by atoms with Crippen LogP contribution in [-0.4, -0.2) is 23.1 Å². The van der Waals surface area contributed by atoms with Crippen LogP contribution >= 0.6 is 27.5 Å². The maximum absolute atomic E-state index is 6.29. The Balaban J connectivity index is 1.91. The minimum absolute atomic E-state index is 0.550. The van der Waals surface area contributed by atoms with Crippen molar-refractivity contribution in [1.82, 2.24) is 15.3 Å². The van der Waals surface area contributed by atoms with Crippen molar-refractivity contribution in [3.63, 3.8) is 0 Å². The molecule has 0 amide bonds. The summed E-state index contributed by atoms with van der Waals surface area (Å²) in [7, 11) is 0. The predicted molar refractivity (Wildman–Crippen MR) is 84.7 cm³/mol. The van der Waals surface area contributed by atoms with Gasteiger partial charge in [-0.1, -0.05) is 33.6 Å². The minimum atomic E-state index is 0.550. The summed E-state index contributed by atoms with van der Waals surface area (Å²) >= 11 is 9.73. The molecule has 0 radical (unpaired) electrons. The van der Waals surface area contributed by atoms with E-state index in [1.54, 1.807) is 0 Å². The number of hydrogen-bond donors (Lipinski definition) is 2.